The number of amides is 2. The number of aryl methyl sites for hydroxylation is 1. The van der Waals surface area contributed by atoms with Crippen LogP contribution in [0.2, 0.25) is 0 Å². The Morgan fingerprint density at radius 2 is 1.89 bits per heavy atom. The lowest BCUT2D eigenvalue weighted by Gasteiger charge is -2.36. The Morgan fingerprint density at radius 1 is 1.21 bits per heavy atom. The maximum atomic E-state index is 13.7. The minimum Gasteiger partial charge on any atom is -0.339 e. The van der Waals surface area contributed by atoms with Crippen LogP contribution in [-0.2, 0) is 4.79 Å². The summed E-state index contributed by atoms with van der Waals surface area (Å²) in [5, 5.41) is 3.41. The number of piperidine rings is 1. The summed E-state index contributed by atoms with van der Waals surface area (Å²) in [6.45, 7) is 8.03. The highest BCUT2D eigenvalue weighted by Gasteiger charge is 2.28. The predicted molar refractivity (Wildman–Crippen MR) is 110 cm³/mol. The molecule has 0 bridgehead atoms. The van der Waals surface area contributed by atoms with Gasteiger partial charge in [-0.3, -0.25) is 9.59 Å². The minimum atomic E-state index is -0.360. The first kappa shape index (κ1) is 22.6. The summed E-state index contributed by atoms with van der Waals surface area (Å²) in [7, 11) is 0. The van der Waals surface area contributed by atoms with Crippen LogP contribution in [0.5, 0.6) is 0 Å². The van der Waals surface area contributed by atoms with Gasteiger partial charge in [0.15, 0.2) is 0 Å². The molecule has 0 saturated carbocycles. The van der Waals surface area contributed by atoms with Crippen LogP contribution in [0.4, 0.5) is 4.39 Å². The molecule has 0 aromatic heterocycles. The van der Waals surface area contributed by atoms with Crippen LogP contribution in [0.25, 0.3) is 0 Å². The summed E-state index contributed by atoms with van der Waals surface area (Å²) in [6.07, 6.45) is 2.95. The van der Waals surface area contributed by atoms with Crippen LogP contribution >= 0.6 is 12.4 Å². The van der Waals surface area contributed by atoms with Gasteiger partial charge in [-0.2, -0.15) is 0 Å². The molecule has 0 radical (unpaired) electrons. The Bertz CT molecular complexity index is 686. The van der Waals surface area contributed by atoms with E-state index in [4.69, 9.17) is 0 Å². The van der Waals surface area contributed by atoms with Gasteiger partial charge < -0.3 is 15.1 Å². The van der Waals surface area contributed by atoms with Crippen molar-refractivity contribution in [3.8, 4) is 0 Å². The van der Waals surface area contributed by atoms with Crippen molar-refractivity contribution >= 4 is 24.2 Å². The van der Waals surface area contributed by atoms with Crippen LogP contribution in [-0.4, -0.2) is 60.9 Å². The number of halogens is 2. The summed E-state index contributed by atoms with van der Waals surface area (Å²) in [5.74, 6) is 0.604. The van der Waals surface area contributed by atoms with Crippen molar-refractivity contribution in [2.24, 2.45) is 11.8 Å². The van der Waals surface area contributed by atoms with Gasteiger partial charge >= 0.3 is 0 Å². The molecule has 5 nitrogen and oxygen atoms in total. The molecule has 2 amide bonds. The fourth-order valence-corrected chi connectivity index (χ4v) is 4.00. The number of carbonyl (C=O) groups is 2. The van der Waals surface area contributed by atoms with Gasteiger partial charge in [0.05, 0.1) is 0 Å². The second-order valence-corrected chi connectivity index (χ2v) is 7.92. The zero-order valence-electron chi connectivity index (χ0n) is 16.7. The molecular formula is C21H31ClFN3O2. The second-order valence-electron chi connectivity index (χ2n) is 7.92. The molecular weight excluding hydrogens is 381 g/mol. The van der Waals surface area contributed by atoms with E-state index >= 15 is 0 Å². The summed E-state index contributed by atoms with van der Waals surface area (Å²) >= 11 is 0. The molecule has 1 aromatic carbocycles. The van der Waals surface area contributed by atoms with Gasteiger partial charge in [-0.15, -0.1) is 12.4 Å². The van der Waals surface area contributed by atoms with E-state index < -0.39 is 0 Å². The van der Waals surface area contributed by atoms with Gasteiger partial charge in [0, 0.05) is 38.2 Å². The van der Waals surface area contributed by atoms with Crippen molar-refractivity contribution in [2.75, 3.05) is 39.3 Å². The number of hydrogen-bond donors (Lipinski definition) is 1. The van der Waals surface area contributed by atoms with Crippen molar-refractivity contribution in [2.45, 2.75) is 33.1 Å². The molecule has 156 valence electrons. The van der Waals surface area contributed by atoms with E-state index in [-0.39, 0.29) is 30.0 Å². The van der Waals surface area contributed by atoms with Crippen LogP contribution < -0.4 is 5.32 Å². The first-order valence-electron chi connectivity index (χ1n) is 9.99. The molecule has 1 aromatic rings. The molecule has 2 atom stereocenters. The summed E-state index contributed by atoms with van der Waals surface area (Å²) < 4.78 is 13.7. The monoisotopic (exact) mass is 411 g/mol. The second kappa shape index (κ2) is 10.2. The van der Waals surface area contributed by atoms with E-state index in [1.54, 1.807) is 24.0 Å². The van der Waals surface area contributed by atoms with Gasteiger partial charge in [-0.05, 0) is 62.4 Å². The topological polar surface area (TPSA) is 52.7 Å². The standard InChI is InChI=1S/C21H30FN3O2.ClH/c1-15-5-6-17(13-19(15)22)21(27)25-10-8-24(9-11-25)20(26)12-16(2)18-4-3-7-23-14-18;/h5-6,13,16,18,23H,3-4,7-12,14H2,1-2H3;1H. The molecule has 2 fully saturated rings. The first-order chi connectivity index (χ1) is 13.0. The van der Waals surface area contributed by atoms with E-state index in [1.807, 2.05) is 4.90 Å². The van der Waals surface area contributed by atoms with Crippen molar-refractivity contribution < 1.29 is 14.0 Å². The van der Waals surface area contributed by atoms with E-state index in [9.17, 15) is 14.0 Å². The molecule has 2 unspecified atom stereocenters. The van der Waals surface area contributed by atoms with Gasteiger partial charge in [0.25, 0.3) is 5.91 Å². The Hall–Kier alpha value is -1.66. The Morgan fingerprint density at radius 3 is 2.50 bits per heavy atom. The molecule has 2 aliphatic rings. The Balaban J connectivity index is 0.00000280. The predicted octanol–water partition coefficient (Wildman–Crippen LogP) is 2.87. The maximum absolute atomic E-state index is 13.7. The zero-order valence-corrected chi connectivity index (χ0v) is 17.6. The number of rotatable bonds is 4. The summed E-state index contributed by atoms with van der Waals surface area (Å²) in [5.41, 5.74) is 0.903. The SMILES string of the molecule is Cc1ccc(C(=O)N2CCN(C(=O)CC(C)C3CCCNC3)CC2)cc1F.Cl. The number of piperazine rings is 1. The van der Waals surface area contributed by atoms with Gasteiger partial charge in [0.1, 0.15) is 5.82 Å². The van der Waals surface area contributed by atoms with Crippen LogP contribution in [0.3, 0.4) is 0 Å². The van der Waals surface area contributed by atoms with Gasteiger partial charge in [-0.25, -0.2) is 4.39 Å². The molecule has 2 saturated heterocycles. The fourth-order valence-electron chi connectivity index (χ4n) is 4.00. The molecule has 7 heteroatoms. The van der Waals surface area contributed by atoms with Crippen molar-refractivity contribution in [3.63, 3.8) is 0 Å². The third-order valence-electron chi connectivity index (χ3n) is 5.97. The average molecular weight is 412 g/mol. The normalized spacial score (nSPS) is 21.0. The average Bonchev–Trinajstić information content (AvgIpc) is 2.70. The highest BCUT2D eigenvalue weighted by atomic mass is 35.5. The van der Waals surface area contributed by atoms with E-state index in [0.717, 1.165) is 13.1 Å². The van der Waals surface area contributed by atoms with Crippen LogP contribution in [0.15, 0.2) is 18.2 Å². The number of benzene rings is 1. The quantitative estimate of drug-likeness (QED) is 0.828. The van der Waals surface area contributed by atoms with Crippen molar-refractivity contribution in [3.05, 3.63) is 35.1 Å². The van der Waals surface area contributed by atoms with Gasteiger partial charge in [0.2, 0.25) is 5.91 Å². The molecule has 0 aliphatic carbocycles. The number of carbonyl (C=O) groups excluding carboxylic acids is 2. The lowest BCUT2D eigenvalue weighted by Crippen LogP contribution is -2.51. The third kappa shape index (κ3) is 5.45. The van der Waals surface area contributed by atoms with E-state index in [0.29, 0.717) is 55.6 Å². The van der Waals surface area contributed by atoms with Crippen molar-refractivity contribution in [1.29, 1.82) is 0 Å². The van der Waals surface area contributed by atoms with Crippen LogP contribution in [0, 0.1) is 24.6 Å². The smallest absolute Gasteiger partial charge is 0.254 e. The number of hydrogen-bond acceptors (Lipinski definition) is 3. The van der Waals surface area contributed by atoms with E-state index in [1.165, 1.54) is 18.9 Å². The lowest BCUT2D eigenvalue weighted by molar-refractivity contribution is -0.134. The van der Waals surface area contributed by atoms with Crippen molar-refractivity contribution in [1.82, 2.24) is 15.1 Å². The molecule has 3 rings (SSSR count). The summed E-state index contributed by atoms with van der Waals surface area (Å²) in [6, 6.07) is 4.59. The Labute approximate surface area is 173 Å². The highest BCUT2D eigenvalue weighted by Crippen LogP contribution is 2.23. The minimum absolute atomic E-state index is 0. The summed E-state index contributed by atoms with van der Waals surface area (Å²) in [4.78, 5) is 28.8. The highest BCUT2D eigenvalue weighted by molar-refractivity contribution is 5.94. The zero-order chi connectivity index (χ0) is 19.4. The number of nitrogens with one attached hydrogen (secondary N) is 1. The lowest BCUT2D eigenvalue weighted by atomic mass is 9.85. The molecule has 2 heterocycles. The first-order valence-corrected chi connectivity index (χ1v) is 9.99. The number of nitrogens with zero attached hydrogens (tertiary/aromatic N) is 2. The Kier molecular flexibility index (Phi) is 8.25. The molecule has 0 spiro atoms. The molecule has 1 N–H and O–H groups in total. The van der Waals surface area contributed by atoms with E-state index in [2.05, 4.69) is 12.2 Å². The molecule has 28 heavy (non-hydrogen) atoms. The third-order valence-corrected chi connectivity index (χ3v) is 5.97. The largest absolute Gasteiger partial charge is 0.339 e. The maximum Gasteiger partial charge on any atom is 0.254 e. The molecule has 2 aliphatic heterocycles. The van der Waals surface area contributed by atoms with Crippen LogP contribution in [0.1, 0.15) is 42.1 Å². The van der Waals surface area contributed by atoms with Gasteiger partial charge in [-0.1, -0.05) is 13.0 Å². The fraction of sp³-hybridized carbons (Fsp3) is 0.619.